The molecule has 0 atom stereocenters. The first-order valence-corrected chi connectivity index (χ1v) is 6.73. The third kappa shape index (κ3) is 2.23. The third-order valence-corrected chi connectivity index (χ3v) is 3.73. The topological polar surface area (TPSA) is 9.23 Å². The van der Waals surface area contributed by atoms with Gasteiger partial charge in [0.05, 0.1) is 6.10 Å². The van der Waals surface area contributed by atoms with Gasteiger partial charge < -0.3 is 4.74 Å². The average molecular weight is 259 g/mol. The lowest BCUT2D eigenvalue weighted by Gasteiger charge is -2.27. The van der Waals surface area contributed by atoms with Gasteiger partial charge in [0.1, 0.15) is 5.75 Å². The van der Waals surface area contributed by atoms with Gasteiger partial charge in [0, 0.05) is 16.1 Å². The molecule has 1 fully saturated rings. The summed E-state index contributed by atoms with van der Waals surface area (Å²) in [4.78, 5) is 0. The van der Waals surface area contributed by atoms with E-state index in [0.29, 0.717) is 6.10 Å². The second-order valence-electron chi connectivity index (χ2n) is 4.65. The molecule has 0 heterocycles. The van der Waals surface area contributed by atoms with Gasteiger partial charge >= 0.3 is 0 Å². The zero-order chi connectivity index (χ0) is 12.4. The van der Waals surface area contributed by atoms with E-state index in [0.717, 1.165) is 34.7 Å². The lowest BCUT2D eigenvalue weighted by Crippen LogP contribution is -2.24. The van der Waals surface area contributed by atoms with Crippen LogP contribution in [0.5, 0.6) is 5.75 Å². The zero-order valence-corrected chi connectivity index (χ0v) is 10.9. The minimum absolute atomic E-state index is 0.383. The molecule has 0 radical (unpaired) electrons. The van der Waals surface area contributed by atoms with Gasteiger partial charge in [-0.05, 0) is 31.4 Å². The highest BCUT2D eigenvalue weighted by Crippen LogP contribution is 2.36. The minimum atomic E-state index is 0.383. The lowest BCUT2D eigenvalue weighted by atomic mass is 9.96. The van der Waals surface area contributed by atoms with Crippen molar-refractivity contribution in [1.82, 2.24) is 0 Å². The summed E-state index contributed by atoms with van der Waals surface area (Å²) in [6.07, 6.45) is 3.99. The van der Waals surface area contributed by atoms with Gasteiger partial charge in [-0.1, -0.05) is 48.0 Å². The van der Waals surface area contributed by atoms with E-state index in [1.54, 1.807) is 0 Å². The van der Waals surface area contributed by atoms with E-state index in [9.17, 15) is 0 Å². The standard InChI is InChI=1S/C16H15ClO/c17-15-10-3-1-8-13(15)14-9-2-4-11-16(14)18-12-6-5-7-12/h1-4,8-12H,5-7H2. The first-order chi connectivity index (χ1) is 8.84. The Balaban J connectivity index is 1.98. The second-order valence-corrected chi connectivity index (χ2v) is 5.05. The summed E-state index contributed by atoms with van der Waals surface area (Å²) in [6.45, 7) is 0. The van der Waals surface area contributed by atoms with Crippen LogP contribution in [0.3, 0.4) is 0 Å². The Kier molecular flexibility index (Phi) is 3.24. The van der Waals surface area contributed by atoms with Crippen LogP contribution in [0.1, 0.15) is 19.3 Å². The number of ether oxygens (including phenoxy) is 1. The molecule has 2 heteroatoms. The smallest absolute Gasteiger partial charge is 0.127 e. The van der Waals surface area contributed by atoms with E-state index in [4.69, 9.17) is 16.3 Å². The van der Waals surface area contributed by atoms with Crippen molar-refractivity contribution in [1.29, 1.82) is 0 Å². The Morgan fingerprint density at radius 1 is 0.889 bits per heavy atom. The molecule has 0 aromatic heterocycles. The summed E-state index contributed by atoms with van der Waals surface area (Å²) in [6, 6.07) is 16.0. The molecule has 1 saturated carbocycles. The van der Waals surface area contributed by atoms with E-state index >= 15 is 0 Å². The number of hydrogen-bond donors (Lipinski definition) is 0. The van der Waals surface area contributed by atoms with Crippen molar-refractivity contribution in [2.45, 2.75) is 25.4 Å². The van der Waals surface area contributed by atoms with Crippen molar-refractivity contribution in [3.8, 4) is 16.9 Å². The fourth-order valence-electron chi connectivity index (χ4n) is 2.14. The first-order valence-electron chi connectivity index (χ1n) is 6.35. The van der Waals surface area contributed by atoms with E-state index < -0.39 is 0 Å². The molecule has 18 heavy (non-hydrogen) atoms. The van der Waals surface area contributed by atoms with Crippen LogP contribution >= 0.6 is 11.6 Å². The fourth-order valence-corrected chi connectivity index (χ4v) is 2.38. The van der Waals surface area contributed by atoms with Crippen molar-refractivity contribution >= 4 is 11.6 Å². The number of halogens is 1. The maximum atomic E-state index is 6.26. The zero-order valence-electron chi connectivity index (χ0n) is 10.1. The van der Waals surface area contributed by atoms with Crippen molar-refractivity contribution in [3.63, 3.8) is 0 Å². The number of benzene rings is 2. The van der Waals surface area contributed by atoms with Crippen LogP contribution in [-0.4, -0.2) is 6.10 Å². The molecule has 2 aromatic rings. The molecule has 2 aromatic carbocycles. The third-order valence-electron chi connectivity index (χ3n) is 3.40. The Morgan fingerprint density at radius 3 is 2.22 bits per heavy atom. The number of para-hydroxylation sites is 1. The van der Waals surface area contributed by atoms with Gasteiger partial charge in [0.25, 0.3) is 0 Å². The maximum Gasteiger partial charge on any atom is 0.127 e. The molecule has 3 rings (SSSR count). The van der Waals surface area contributed by atoms with E-state index in [2.05, 4.69) is 6.07 Å². The normalized spacial score (nSPS) is 15.2. The molecule has 1 aliphatic rings. The highest BCUT2D eigenvalue weighted by atomic mass is 35.5. The van der Waals surface area contributed by atoms with Crippen LogP contribution in [0.4, 0.5) is 0 Å². The maximum absolute atomic E-state index is 6.26. The van der Waals surface area contributed by atoms with Crippen LogP contribution in [0.25, 0.3) is 11.1 Å². The Labute approximate surface area is 112 Å². The van der Waals surface area contributed by atoms with Crippen LogP contribution in [0.2, 0.25) is 5.02 Å². The van der Waals surface area contributed by atoms with Crippen molar-refractivity contribution in [2.24, 2.45) is 0 Å². The highest BCUT2D eigenvalue weighted by Gasteiger charge is 2.20. The molecule has 0 saturated heterocycles. The molecule has 0 N–H and O–H groups in total. The van der Waals surface area contributed by atoms with Crippen LogP contribution in [0, 0.1) is 0 Å². The molecular weight excluding hydrogens is 244 g/mol. The van der Waals surface area contributed by atoms with Crippen LogP contribution in [-0.2, 0) is 0 Å². The largest absolute Gasteiger partial charge is 0.490 e. The average Bonchev–Trinajstić information content (AvgIpc) is 2.35. The first kappa shape index (κ1) is 11.6. The lowest BCUT2D eigenvalue weighted by molar-refractivity contribution is 0.121. The second kappa shape index (κ2) is 5.03. The van der Waals surface area contributed by atoms with Crippen molar-refractivity contribution in [3.05, 3.63) is 53.6 Å². The number of hydrogen-bond acceptors (Lipinski definition) is 1. The number of rotatable bonds is 3. The molecule has 0 aliphatic heterocycles. The Hall–Kier alpha value is -1.47. The quantitative estimate of drug-likeness (QED) is 0.758. The van der Waals surface area contributed by atoms with E-state index in [1.165, 1.54) is 6.42 Å². The van der Waals surface area contributed by atoms with Gasteiger partial charge in [-0.15, -0.1) is 0 Å². The summed E-state index contributed by atoms with van der Waals surface area (Å²) in [5.41, 5.74) is 2.11. The summed E-state index contributed by atoms with van der Waals surface area (Å²) >= 11 is 6.26. The minimum Gasteiger partial charge on any atom is -0.490 e. The Bertz CT molecular complexity index is 546. The molecule has 1 nitrogen and oxygen atoms in total. The van der Waals surface area contributed by atoms with E-state index in [1.807, 2.05) is 42.5 Å². The van der Waals surface area contributed by atoms with Gasteiger partial charge in [-0.3, -0.25) is 0 Å². The SMILES string of the molecule is Clc1ccccc1-c1ccccc1OC1CCC1. The summed E-state index contributed by atoms with van der Waals surface area (Å²) in [5.74, 6) is 0.940. The van der Waals surface area contributed by atoms with Crippen LogP contribution < -0.4 is 4.74 Å². The molecule has 92 valence electrons. The molecule has 0 spiro atoms. The molecular formula is C16H15ClO. The highest BCUT2D eigenvalue weighted by molar-refractivity contribution is 6.33. The van der Waals surface area contributed by atoms with Gasteiger partial charge in [0.2, 0.25) is 0 Å². The molecule has 0 amide bonds. The fraction of sp³-hybridized carbons (Fsp3) is 0.250. The Morgan fingerprint density at radius 2 is 1.56 bits per heavy atom. The van der Waals surface area contributed by atoms with Crippen LogP contribution in [0.15, 0.2) is 48.5 Å². The predicted molar refractivity (Wildman–Crippen MR) is 75.2 cm³/mol. The molecule has 0 unspecified atom stereocenters. The summed E-state index contributed by atoms with van der Waals surface area (Å²) in [7, 11) is 0. The molecule has 1 aliphatic carbocycles. The van der Waals surface area contributed by atoms with Gasteiger partial charge in [-0.25, -0.2) is 0 Å². The van der Waals surface area contributed by atoms with E-state index in [-0.39, 0.29) is 0 Å². The monoisotopic (exact) mass is 258 g/mol. The summed E-state index contributed by atoms with van der Waals surface area (Å²) < 4.78 is 6.03. The van der Waals surface area contributed by atoms with Gasteiger partial charge in [-0.2, -0.15) is 0 Å². The molecule has 0 bridgehead atoms. The van der Waals surface area contributed by atoms with Gasteiger partial charge in [0.15, 0.2) is 0 Å². The van der Waals surface area contributed by atoms with Crippen molar-refractivity contribution in [2.75, 3.05) is 0 Å². The van der Waals surface area contributed by atoms with Crippen molar-refractivity contribution < 1.29 is 4.74 Å². The predicted octanol–water partition coefficient (Wildman–Crippen LogP) is 4.94. The summed E-state index contributed by atoms with van der Waals surface area (Å²) in [5, 5.41) is 0.766.